The van der Waals surface area contributed by atoms with Gasteiger partial charge in [-0.3, -0.25) is 14.6 Å². The number of hydrogen-bond donors (Lipinski definition) is 2. The minimum atomic E-state index is -0.609. The van der Waals surface area contributed by atoms with Crippen molar-refractivity contribution in [1.82, 2.24) is 15.0 Å². The number of aryl methyl sites for hydroxylation is 1. The molecule has 0 aliphatic carbocycles. The van der Waals surface area contributed by atoms with E-state index in [1.54, 1.807) is 25.7 Å². The predicted octanol–water partition coefficient (Wildman–Crippen LogP) is 0.590. The fraction of sp³-hybridized carbons (Fsp3) is 0.286. The first-order valence-electron chi connectivity index (χ1n) is 6.71. The van der Waals surface area contributed by atoms with Crippen molar-refractivity contribution < 1.29 is 14.0 Å². The Morgan fingerprint density at radius 2 is 2.26 bits per heavy atom. The van der Waals surface area contributed by atoms with E-state index in [-0.39, 0.29) is 11.4 Å². The highest BCUT2D eigenvalue weighted by atomic mass is 31.1. The Hall–Kier alpha value is -2.28. The molecular weight excluding hydrogens is 321 g/mol. The maximum atomic E-state index is 11.9. The molecule has 0 aromatic carbocycles. The number of carbonyl (C=O) groups is 1. The van der Waals surface area contributed by atoms with Crippen molar-refractivity contribution in [2.75, 3.05) is 7.11 Å². The van der Waals surface area contributed by atoms with Crippen molar-refractivity contribution in [3.63, 3.8) is 0 Å². The number of hydrogen-bond acceptors (Lipinski definition) is 6. The molecule has 2 N–H and O–H groups in total. The Balaban J connectivity index is 2.34. The van der Waals surface area contributed by atoms with E-state index in [0.717, 1.165) is 0 Å². The summed E-state index contributed by atoms with van der Waals surface area (Å²) in [7, 11) is 1.84. The number of nitrogens with zero attached hydrogens (tertiary/aromatic N) is 1. The van der Waals surface area contributed by atoms with E-state index in [9.17, 15) is 14.4 Å². The highest BCUT2D eigenvalue weighted by Crippen LogP contribution is 2.15. The summed E-state index contributed by atoms with van der Waals surface area (Å²) in [5.74, 6) is 1.86. The fourth-order valence-electron chi connectivity index (χ4n) is 1.80. The van der Waals surface area contributed by atoms with Crippen LogP contribution in [0, 0.1) is 6.92 Å². The molecule has 2 heterocycles. The van der Waals surface area contributed by atoms with E-state index in [1.807, 2.05) is 0 Å². The summed E-state index contributed by atoms with van der Waals surface area (Å²) in [5, 5.41) is 0. The van der Waals surface area contributed by atoms with E-state index in [1.165, 1.54) is 24.1 Å². The first-order valence-corrected chi connectivity index (χ1v) is 7.67. The summed E-state index contributed by atoms with van der Waals surface area (Å²) in [4.78, 5) is 42.2. The van der Waals surface area contributed by atoms with Crippen LogP contribution in [0.5, 0.6) is 0 Å². The van der Waals surface area contributed by atoms with Gasteiger partial charge < -0.3 is 9.25 Å². The second kappa shape index (κ2) is 7.32. The van der Waals surface area contributed by atoms with Crippen molar-refractivity contribution in [2.24, 2.45) is 0 Å². The number of aromatic nitrogens is 2. The predicted molar refractivity (Wildman–Crippen MR) is 86.4 cm³/mol. The monoisotopic (exact) mass is 337 g/mol. The van der Waals surface area contributed by atoms with Crippen LogP contribution >= 0.6 is 8.20 Å². The zero-order valence-electron chi connectivity index (χ0n) is 12.8. The van der Waals surface area contributed by atoms with Crippen molar-refractivity contribution in [3.8, 4) is 5.88 Å². The molecule has 0 saturated heterocycles. The van der Waals surface area contributed by atoms with E-state index in [2.05, 4.69) is 10.5 Å². The molecule has 0 radical (unpaired) electrons. The molecule has 0 fully saturated rings. The Kier molecular flexibility index (Phi) is 5.44. The summed E-state index contributed by atoms with van der Waals surface area (Å²) in [6.07, 6.45) is 2.80. The summed E-state index contributed by atoms with van der Waals surface area (Å²) in [6.45, 7) is 3.26. The van der Waals surface area contributed by atoms with Crippen LogP contribution in [-0.4, -0.2) is 34.0 Å². The van der Waals surface area contributed by atoms with E-state index >= 15 is 0 Å². The van der Waals surface area contributed by atoms with Gasteiger partial charge in [-0.05, 0) is 33.9 Å². The average Bonchev–Trinajstić information content (AvgIpc) is 2.97. The van der Waals surface area contributed by atoms with Gasteiger partial charge in [-0.2, -0.15) is 5.48 Å². The van der Waals surface area contributed by atoms with Crippen LogP contribution < -0.4 is 16.7 Å². The van der Waals surface area contributed by atoms with Gasteiger partial charge in [0.2, 0.25) is 5.88 Å². The van der Waals surface area contributed by atoms with Gasteiger partial charge in [-0.15, -0.1) is 0 Å². The quantitative estimate of drug-likeness (QED) is 0.590. The van der Waals surface area contributed by atoms with Crippen LogP contribution in [0.25, 0.3) is 5.88 Å². The molecule has 0 spiro atoms. The summed E-state index contributed by atoms with van der Waals surface area (Å²) < 4.78 is 6.51. The second-order valence-electron chi connectivity index (χ2n) is 4.76. The standard InChI is InChI=1S/C14H16N3O5P/c1-8-6-17(14(20)15-11(8)18)12-10(4-5-22-12)7-23-13(19)9(2)16-21-3/h4-7,9,16H,1-3H3,(H,15,18,20)/t9-/m1/s1. The molecule has 2 aromatic heterocycles. The third kappa shape index (κ3) is 3.92. The number of rotatable bonds is 6. The lowest BCUT2D eigenvalue weighted by molar-refractivity contribution is -0.115. The highest BCUT2D eigenvalue weighted by molar-refractivity contribution is 7.58. The van der Waals surface area contributed by atoms with Gasteiger partial charge in [0.05, 0.1) is 19.4 Å². The minimum absolute atomic E-state index is 0.107. The molecule has 0 aliphatic heterocycles. The fourth-order valence-corrected chi connectivity index (χ4v) is 2.53. The van der Waals surface area contributed by atoms with Gasteiger partial charge in [-0.1, -0.05) is 0 Å². The molecule has 122 valence electrons. The van der Waals surface area contributed by atoms with E-state index in [0.29, 0.717) is 19.3 Å². The van der Waals surface area contributed by atoms with Gasteiger partial charge in [0.15, 0.2) is 5.52 Å². The lowest BCUT2D eigenvalue weighted by Gasteiger charge is -2.06. The number of hydroxylamine groups is 1. The molecular formula is C14H16N3O5P. The van der Waals surface area contributed by atoms with Crippen molar-refractivity contribution in [3.05, 3.63) is 50.5 Å². The molecule has 1 atom stereocenters. The topological polar surface area (TPSA) is 106 Å². The van der Waals surface area contributed by atoms with Crippen LogP contribution in [0.2, 0.25) is 0 Å². The largest absolute Gasteiger partial charge is 0.447 e. The molecule has 0 saturated carbocycles. The van der Waals surface area contributed by atoms with E-state index in [4.69, 9.17) is 9.25 Å². The van der Waals surface area contributed by atoms with Gasteiger partial charge in [0.1, 0.15) is 0 Å². The lowest BCUT2D eigenvalue weighted by Crippen LogP contribution is -2.30. The first kappa shape index (κ1) is 17.1. The normalized spacial score (nSPS) is 12.7. The number of aromatic amines is 1. The van der Waals surface area contributed by atoms with Crippen molar-refractivity contribution in [1.29, 1.82) is 0 Å². The smallest absolute Gasteiger partial charge is 0.335 e. The lowest BCUT2D eigenvalue weighted by atomic mass is 10.3. The highest BCUT2D eigenvalue weighted by Gasteiger charge is 2.13. The molecule has 23 heavy (non-hydrogen) atoms. The average molecular weight is 337 g/mol. The molecule has 9 heteroatoms. The maximum absolute atomic E-state index is 11.9. The van der Waals surface area contributed by atoms with Crippen LogP contribution in [0.1, 0.15) is 18.1 Å². The first-order chi connectivity index (χ1) is 10.9. The Bertz CT molecular complexity index is 849. The zero-order valence-corrected chi connectivity index (χ0v) is 13.7. The zero-order chi connectivity index (χ0) is 17.0. The SMILES string of the molecule is CON[C@H](C)C(=O)P=Cc1ccoc1-n1cc(C)c(=O)[nH]c1=O. The molecule has 2 rings (SSSR count). The second-order valence-corrected chi connectivity index (χ2v) is 5.72. The Morgan fingerprint density at radius 1 is 1.52 bits per heavy atom. The molecule has 0 unspecified atom stereocenters. The third-order valence-corrected chi connectivity index (χ3v) is 4.06. The summed E-state index contributed by atoms with van der Waals surface area (Å²) in [6, 6.07) is 1.17. The van der Waals surface area contributed by atoms with Crippen LogP contribution in [0.4, 0.5) is 0 Å². The van der Waals surface area contributed by atoms with Gasteiger partial charge >= 0.3 is 5.69 Å². The molecule has 8 nitrogen and oxygen atoms in total. The number of H-pyrrole nitrogens is 1. The van der Waals surface area contributed by atoms with Gasteiger partial charge in [-0.25, -0.2) is 9.36 Å². The Morgan fingerprint density at radius 3 is 2.96 bits per heavy atom. The van der Waals surface area contributed by atoms with Crippen molar-refractivity contribution >= 4 is 19.5 Å². The molecule has 2 aromatic rings. The number of nitrogens with one attached hydrogen (secondary N) is 2. The third-order valence-electron chi connectivity index (χ3n) is 3.01. The summed E-state index contributed by atoms with van der Waals surface area (Å²) >= 11 is 0. The molecule has 0 aliphatic rings. The van der Waals surface area contributed by atoms with Crippen LogP contribution in [0.3, 0.4) is 0 Å². The molecule has 0 bridgehead atoms. The maximum Gasteiger partial charge on any atom is 0.335 e. The van der Waals surface area contributed by atoms with Crippen LogP contribution in [-0.2, 0) is 9.63 Å². The van der Waals surface area contributed by atoms with Crippen molar-refractivity contribution in [2.45, 2.75) is 19.9 Å². The number of furan rings is 1. The van der Waals surface area contributed by atoms with Crippen LogP contribution in [0.15, 0.2) is 32.5 Å². The van der Waals surface area contributed by atoms with Gasteiger partial charge in [0, 0.05) is 17.3 Å². The van der Waals surface area contributed by atoms with Gasteiger partial charge in [0.25, 0.3) is 5.56 Å². The number of carbonyl (C=O) groups excluding carboxylic acids is 1. The molecule has 0 amide bonds. The van der Waals surface area contributed by atoms with E-state index < -0.39 is 17.3 Å². The summed E-state index contributed by atoms with van der Waals surface area (Å²) in [5.41, 5.74) is 2.33. The minimum Gasteiger partial charge on any atom is -0.447 e. The Labute approximate surface area is 132 Å².